The SMILES string of the molecule is CCCC(C)C(O)c1ccc(C)c(C)c1OC. The van der Waals surface area contributed by atoms with E-state index in [2.05, 4.69) is 26.8 Å². The molecule has 2 heteroatoms. The first kappa shape index (κ1) is 14.0. The maximum Gasteiger partial charge on any atom is 0.127 e. The highest BCUT2D eigenvalue weighted by molar-refractivity contribution is 5.46. The molecule has 2 atom stereocenters. The maximum absolute atomic E-state index is 10.4. The van der Waals surface area contributed by atoms with Gasteiger partial charge in [0.2, 0.25) is 0 Å². The number of rotatable bonds is 5. The van der Waals surface area contributed by atoms with Crippen LogP contribution in [-0.4, -0.2) is 12.2 Å². The molecule has 1 N–H and O–H groups in total. The van der Waals surface area contributed by atoms with E-state index in [1.165, 1.54) is 5.56 Å². The molecule has 0 fully saturated rings. The van der Waals surface area contributed by atoms with Gasteiger partial charge >= 0.3 is 0 Å². The van der Waals surface area contributed by atoms with Gasteiger partial charge < -0.3 is 9.84 Å². The fourth-order valence-corrected chi connectivity index (χ4v) is 2.23. The highest BCUT2D eigenvalue weighted by Gasteiger charge is 2.21. The molecular weight excluding hydrogens is 212 g/mol. The summed E-state index contributed by atoms with van der Waals surface area (Å²) in [6.07, 6.45) is 1.67. The lowest BCUT2D eigenvalue weighted by atomic mass is 9.91. The summed E-state index contributed by atoms with van der Waals surface area (Å²) in [6, 6.07) is 4.03. The molecule has 17 heavy (non-hydrogen) atoms. The fourth-order valence-electron chi connectivity index (χ4n) is 2.23. The van der Waals surface area contributed by atoms with Gasteiger partial charge in [-0.25, -0.2) is 0 Å². The predicted molar refractivity (Wildman–Crippen MR) is 71.5 cm³/mol. The molecule has 0 saturated carbocycles. The van der Waals surface area contributed by atoms with Crippen LogP contribution in [-0.2, 0) is 0 Å². The Morgan fingerprint density at radius 3 is 2.47 bits per heavy atom. The van der Waals surface area contributed by atoms with Crippen LogP contribution >= 0.6 is 0 Å². The average Bonchev–Trinajstić information content (AvgIpc) is 2.31. The Bertz CT molecular complexity index is 371. The van der Waals surface area contributed by atoms with Crippen LogP contribution in [0.1, 0.15) is 49.5 Å². The molecule has 1 aromatic rings. The minimum atomic E-state index is -0.441. The number of hydrogen-bond acceptors (Lipinski definition) is 2. The Labute approximate surface area is 105 Å². The Hall–Kier alpha value is -1.02. The van der Waals surface area contributed by atoms with Crippen LogP contribution in [0.15, 0.2) is 12.1 Å². The summed E-state index contributed by atoms with van der Waals surface area (Å²) >= 11 is 0. The third kappa shape index (κ3) is 3.01. The van der Waals surface area contributed by atoms with Crippen molar-refractivity contribution in [1.82, 2.24) is 0 Å². The van der Waals surface area contributed by atoms with Crippen LogP contribution in [0, 0.1) is 19.8 Å². The van der Waals surface area contributed by atoms with E-state index in [0.29, 0.717) is 0 Å². The normalized spacial score (nSPS) is 14.5. The van der Waals surface area contributed by atoms with Gasteiger partial charge in [-0.05, 0) is 37.3 Å². The minimum absolute atomic E-state index is 0.260. The summed E-state index contributed by atoms with van der Waals surface area (Å²) < 4.78 is 5.45. The van der Waals surface area contributed by atoms with Gasteiger partial charge in [-0.2, -0.15) is 0 Å². The number of aliphatic hydroxyl groups is 1. The molecule has 96 valence electrons. The van der Waals surface area contributed by atoms with Gasteiger partial charge in [-0.1, -0.05) is 32.4 Å². The third-order valence-corrected chi connectivity index (χ3v) is 3.51. The number of benzene rings is 1. The van der Waals surface area contributed by atoms with Gasteiger partial charge in [0, 0.05) is 5.56 Å². The van der Waals surface area contributed by atoms with Crippen LogP contribution in [0.2, 0.25) is 0 Å². The zero-order chi connectivity index (χ0) is 13.0. The molecular formula is C15H24O2. The second kappa shape index (κ2) is 6.06. The standard InChI is InChI=1S/C15H24O2/c1-6-7-11(3)14(16)13-9-8-10(2)12(4)15(13)17-5/h8-9,11,14,16H,6-7H2,1-5H3. The van der Waals surface area contributed by atoms with Crippen LogP contribution < -0.4 is 4.74 Å². The second-order valence-electron chi connectivity index (χ2n) is 4.84. The molecule has 2 unspecified atom stereocenters. The Morgan fingerprint density at radius 1 is 1.29 bits per heavy atom. The first-order chi connectivity index (χ1) is 8.02. The minimum Gasteiger partial charge on any atom is -0.496 e. The van der Waals surface area contributed by atoms with Crippen LogP contribution in [0.25, 0.3) is 0 Å². The summed E-state index contributed by atoms with van der Waals surface area (Å²) in [5.41, 5.74) is 3.23. The Morgan fingerprint density at radius 2 is 1.94 bits per heavy atom. The monoisotopic (exact) mass is 236 g/mol. The molecule has 1 aromatic carbocycles. The largest absolute Gasteiger partial charge is 0.496 e. The van der Waals surface area contributed by atoms with Crippen molar-refractivity contribution in [3.8, 4) is 5.75 Å². The molecule has 0 aromatic heterocycles. The van der Waals surface area contributed by atoms with E-state index < -0.39 is 6.10 Å². The lowest BCUT2D eigenvalue weighted by Gasteiger charge is -2.22. The van der Waals surface area contributed by atoms with Crippen molar-refractivity contribution in [2.24, 2.45) is 5.92 Å². The predicted octanol–water partition coefficient (Wildman–Crippen LogP) is 3.78. The Kier molecular flexibility index (Phi) is 5.01. The zero-order valence-electron chi connectivity index (χ0n) is 11.6. The molecule has 0 aliphatic carbocycles. The quantitative estimate of drug-likeness (QED) is 0.843. The molecule has 1 rings (SSSR count). The van der Waals surface area contributed by atoms with Crippen LogP contribution in [0.4, 0.5) is 0 Å². The van der Waals surface area contributed by atoms with Crippen molar-refractivity contribution >= 4 is 0 Å². The molecule has 0 saturated heterocycles. The molecule has 0 bridgehead atoms. The first-order valence-corrected chi connectivity index (χ1v) is 6.35. The molecule has 0 spiro atoms. The molecule has 0 heterocycles. The summed E-state index contributed by atoms with van der Waals surface area (Å²) in [5, 5.41) is 10.4. The van der Waals surface area contributed by atoms with Crippen molar-refractivity contribution < 1.29 is 9.84 Å². The van der Waals surface area contributed by atoms with Crippen molar-refractivity contribution in [3.63, 3.8) is 0 Å². The van der Waals surface area contributed by atoms with E-state index >= 15 is 0 Å². The number of methoxy groups -OCH3 is 1. The summed E-state index contributed by atoms with van der Waals surface area (Å²) in [4.78, 5) is 0. The van der Waals surface area contributed by atoms with Crippen molar-refractivity contribution in [2.75, 3.05) is 7.11 Å². The lowest BCUT2D eigenvalue weighted by molar-refractivity contribution is 0.109. The number of aryl methyl sites for hydroxylation is 1. The summed E-state index contributed by atoms with van der Waals surface area (Å²) in [5.74, 6) is 1.09. The van der Waals surface area contributed by atoms with Gasteiger partial charge in [0.25, 0.3) is 0 Å². The van der Waals surface area contributed by atoms with E-state index in [0.717, 1.165) is 29.7 Å². The van der Waals surface area contributed by atoms with Gasteiger partial charge in [0.1, 0.15) is 5.75 Å². The first-order valence-electron chi connectivity index (χ1n) is 6.35. The highest BCUT2D eigenvalue weighted by atomic mass is 16.5. The van der Waals surface area contributed by atoms with Crippen molar-refractivity contribution in [2.45, 2.75) is 46.6 Å². The Balaban J connectivity index is 3.09. The number of aliphatic hydroxyl groups excluding tert-OH is 1. The van der Waals surface area contributed by atoms with Gasteiger partial charge in [-0.15, -0.1) is 0 Å². The molecule has 2 nitrogen and oxygen atoms in total. The maximum atomic E-state index is 10.4. The zero-order valence-corrected chi connectivity index (χ0v) is 11.6. The lowest BCUT2D eigenvalue weighted by Crippen LogP contribution is -2.11. The smallest absolute Gasteiger partial charge is 0.127 e. The van der Waals surface area contributed by atoms with Gasteiger partial charge in [0.05, 0.1) is 13.2 Å². The van der Waals surface area contributed by atoms with E-state index in [9.17, 15) is 5.11 Å². The molecule has 0 aliphatic heterocycles. The molecule has 0 aliphatic rings. The topological polar surface area (TPSA) is 29.5 Å². The number of ether oxygens (including phenoxy) is 1. The summed E-state index contributed by atoms with van der Waals surface area (Å²) in [6.45, 7) is 8.32. The van der Waals surface area contributed by atoms with E-state index in [-0.39, 0.29) is 5.92 Å². The van der Waals surface area contributed by atoms with Gasteiger partial charge in [0.15, 0.2) is 0 Å². The van der Waals surface area contributed by atoms with Crippen LogP contribution in [0.3, 0.4) is 0 Å². The van der Waals surface area contributed by atoms with Crippen molar-refractivity contribution in [3.05, 3.63) is 28.8 Å². The van der Waals surface area contributed by atoms with Crippen molar-refractivity contribution in [1.29, 1.82) is 0 Å². The van der Waals surface area contributed by atoms with E-state index in [4.69, 9.17) is 4.74 Å². The number of hydrogen-bond donors (Lipinski definition) is 1. The molecule has 0 amide bonds. The molecule has 0 radical (unpaired) electrons. The van der Waals surface area contributed by atoms with E-state index in [1.807, 2.05) is 13.0 Å². The van der Waals surface area contributed by atoms with Crippen LogP contribution in [0.5, 0.6) is 5.75 Å². The fraction of sp³-hybridized carbons (Fsp3) is 0.600. The second-order valence-corrected chi connectivity index (χ2v) is 4.84. The van der Waals surface area contributed by atoms with E-state index in [1.54, 1.807) is 7.11 Å². The average molecular weight is 236 g/mol. The summed E-state index contributed by atoms with van der Waals surface area (Å²) in [7, 11) is 1.67. The highest BCUT2D eigenvalue weighted by Crippen LogP contribution is 2.35. The van der Waals surface area contributed by atoms with Gasteiger partial charge in [-0.3, -0.25) is 0 Å². The third-order valence-electron chi connectivity index (χ3n) is 3.51.